The first kappa shape index (κ1) is 12.1. The van der Waals surface area contributed by atoms with Crippen molar-refractivity contribution in [3.05, 3.63) is 45.9 Å². The standard InChI is InChI=1S/C13H17N3S/c1-10-6-13(11(7-14)8-15-10)16(2)9-12-4-3-5-17-12/h3-6,8H,7,9,14H2,1-2H3. The first-order chi connectivity index (χ1) is 8.20. The van der Waals surface area contributed by atoms with Crippen molar-refractivity contribution < 1.29 is 0 Å². The SMILES string of the molecule is Cc1cc(N(C)Cc2cccs2)c(CN)cn1. The summed E-state index contributed by atoms with van der Waals surface area (Å²) in [5.74, 6) is 0. The quantitative estimate of drug-likeness (QED) is 0.903. The predicted octanol–water partition coefficient (Wildman–Crippen LogP) is 2.55. The van der Waals surface area contributed by atoms with Crippen LogP contribution in [0.15, 0.2) is 29.8 Å². The summed E-state index contributed by atoms with van der Waals surface area (Å²) in [6, 6.07) is 6.32. The number of nitrogens with zero attached hydrogens (tertiary/aromatic N) is 2. The van der Waals surface area contributed by atoms with Gasteiger partial charge in [0.1, 0.15) is 0 Å². The van der Waals surface area contributed by atoms with Crippen LogP contribution in [0.5, 0.6) is 0 Å². The molecule has 0 aliphatic rings. The number of pyridine rings is 1. The molecule has 0 unspecified atom stereocenters. The van der Waals surface area contributed by atoms with Crippen molar-refractivity contribution in [2.45, 2.75) is 20.0 Å². The summed E-state index contributed by atoms with van der Waals surface area (Å²) in [4.78, 5) is 7.86. The molecule has 2 N–H and O–H groups in total. The van der Waals surface area contributed by atoms with Crippen LogP contribution in [0.2, 0.25) is 0 Å². The molecule has 17 heavy (non-hydrogen) atoms. The van der Waals surface area contributed by atoms with Crippen LogP contribution in [0.4, 0.5) is 5.69 Å². The van der Waals surface area contributed by atoms with Gasteiger partial charge in [0.2, 0.25) is 0 Å². The summed E-state index contributed by atoms with van der Waals surface area (Å²) in [6.45, 7) is 3.44. The van der Waals surface area contributed by atoms with Gasteiger partial charge >= 0.3 is 0 Å². The predicted molar refractivity (Wildman–Crippen MR) is 73.3 cm³/mol. The number of aromatic nitrogens is 1. The number of nitrogens with two attached hydrogens (primary N) is 1. The van der Waals surface area contributed by atoms with Crippen molar-refractivity contribution >= 4 is 17.0 Å². The van der Waals surface area contributed by atoms with E-state index >= 15 is 0 Å². The first-order valence-electron chi connectivity index (χ1n) is 5.60. The van der Waals surface area contributed by atoms with Crippen LogP contribution in [0.25, 0.3) is 0 Å². The molecule has 2 heterocycles. The van der Waals surface area contributed by atoms with Crippen LogP contribution in [0.1, 0.15) is 16.1 Å². The van der Waals surface area contributed by atoms with Crippen molar-refractivity contribution in [2.75, 3.05) is 11.9 Å². The smallest absolute Gasteiger partial charge is 0.0519 e. The van der Waals surface area contributed by atoms with Crippen LogP contribution in [0.3, 0.4) is 0 Å². The normalized spacial score (nSPS) is 10.5. The summed E-state index contributed by atoms with van der Waals surface area (Å²) in [5, 5.41) is 2.10. The minimum atomic E-state index is 0.525. The van der Waals surface area contributed by atoms with Gasteiger partial charge in [0.05, 0.1) is 6.54 Å². The van der Waals surface area contributed by atoms with E-state index in [0.717, 1.165) is 17.8 Å². The maximum atomic E-state index is 5.75. The van der Waals surface area contributed by atoms with Gasteiger partial charge in [-0.05, 0) is 24.4 Å². The fraction of sp³-hybridized carbons (Fsp3) is 0.308. The fourth-order valence-corrected chi connectivity index (χ4v) is 2.57. The molecule has 0 aliphatic heterocycles. The first-order valence-corrected chi connectivity index (χ1v) is 6.48. The highest BCUT2D eigenvalue weighted by molar-refractivity contribution is 7.09. The third-order valence-corrected chi connectivity index (χ3v) is 3.56. The summed E-state index contributed by atoms with van der Waals surface area (Å²) < 4.78 is 0. The number of hydrogen-bond donors (Lipinski definition) is 1. The van der Waals surface area contributed by atoms with E-state index in [0.29, 0.717) is 6.54 Å². The summed E-state index contributed by atoms with van der Waals surface area (Å²) >= 11 is 1.78. The summed E-state index contributed by atoms with van der Waals surface area (Å²) in [6.07, 6.45) is 1.87. The fourth-order valence-electron chi connectivity index (χ4n) is 1.81. The van der Waals surface area contributed by atoms with Gasteiger partial charge in [-0.1, -0.05) is 6.07 Å². The van der Waals surface area contributed by atoms with E-state index in [4.69, 9.17) is 5.73 Å². The molecule has 0 saturated heterocycles. The van der Waals surface area contributed by atoms with E-state index in [-0.39, 0.29) is 0 Å². The summed E-state index contributed by atoms with van der Waals surface area (Å²) in [5.41, 5.74) is 9.04. The van der Waals surface area contributed by atoms with Gasteiger partial charge in [0.25, 0.3) is 0 Å². The Hall–Kier alpha value is -1.39. The Balaban J connectivity index is 2.23. The lowest BCUT2D eigenvalue weighted by atomic mass is 10.2. The molecule has 0 bridgehead atoms. The van der Waals surface area contributed by atoms with E-state index in [2.05, 4.69) is 40.5 Å². The Morgan fingerprint density at radius 3 is 2.94 bits per heavy atom. The molecule has 3 nitrogen and oxygen atoms in total. The average molecular weight is 247 g/mol. The lowest BCUT2D eigenvalue weighted by molar-refractivity contribution is 0.907. The van der Waals surface area contributed by atoms with E-state index in [1.54, 1.807) is 11.3 Å². The topological polar surface area (TPSA) is 42.1 Å². The lowest BCUT2D eigenvalue weighted by Gasteiger charge is -2.21. The summed E-state index contributed by atoms with van der Waals surface area (Å²) in [7, 11) is 2.09. The van der Waals surface area contributed by atoms with Crippen LogP contribution < -0.4 is 10.6 Å². The Kier molecular flexibility index (Phi) is 3.76. The monoisotopic (exact) mass is 247 g/mol. The molecule has 0 amide bonds. The molecule has 2 aromatic heterocycles. The molecular weight excluding hydrogens is 230 g/mol. The number of aryl methyl sites for hydroxylation is 1. The van der Waals surface area contributed by atoms with Gasteiger partial charge < -0.3 is 10.6 Å². The van der Waals surface area contributed by atoms with Gasteiger partial charge in [0, 0.05) is 41.6 Å². The molecule has 4 heteroatoms. The van der Waals surface area contributed by atoms with Crippen molar-refractivity contribution in [1.29, 1.82) is 0 Å². The van der Waals surface area contributed by atoms with Crippen LogP contribution in [0, 0.1) is 6.92 Å². The zero-order valence-electron chi connectivity index (χ0n) is 10.2. The Labute approximate surface area is 106 Å². The second kappa shape index (κ2) is 5.29. The highest BCUT2D eigenvalue weighted by Crippen LogP contribution is 2.22. The Bertz CT molecular complexity index is 479. The number of anilines is 1. The second-order valence-electron chi connectivity index (χ2n) is 4.09. The molecule has 0 atom stereocenters. The molecule has 0 radical (unpaired) electrons. The molecular formula is C13H17N3S. The highest BCUT2D eigenvalue weighted by Gasteiger charge is 2.08. The molecule has 0 saturated carbocycles. The Morgan fingerprint density at radius 2 is 2.29 bits per heavy atom. The molecule has 0 fully saturated rings. The third kappa shape index (κ3) is 2.84. The van der Waals surface area contributed by atoms with Gasteiger partial charge in [-0.3, -0.25) is 4.98 Å². The van der Waals surface area contributed by atoms with Crippen LogP contribution in [-0.4, -0.2) is 12.0 Å². The minimum absolute atomic E-state index is 0.525. The average Bonchev–Trinajstić information content (AvgIpc) is 2.81. The van der Waals surface area contributed by atoms with Crippen molar-refractivity contribution in [1.82, 2.24) is 4.98 Å². The zero-order valence-corrected chi connectivity index (χ0v) is 11.0. The number of thiophene rings is 1. The lowest BCUT2D eigenvalue weighted by Crippen LogP contribution is -2.18. The van der Waals surface area contributed by atoms with Gasteiger partial charge in [-0.15, -0.1) is 11.3 Å². The van der Waals surface area contributed by atoms with E-state index < -0.39 is 0 Å². The maximum Gasteiger partial charge on any atom is 0.0519 e. The number of hydrogen-bond acceptors (Lipinski definition) is 4. The third-order valence-electron chi connectivity index (χ3n) is 2.70. The largest absolute Gasteiger partial charge is 0.369 e. The van der Waals surface area contributed by atoms with Gasteiger partial charge in [-0.25, -0.2) is 0 Å². The molecule has 2 aromatic rings. The molecule has 0 spiro atoms. The van der Waals surface area contributed by atoms with Crippen molar-refractivity contribution in [3.63, 3.8) is 0 Å². The van der Waals surface area contributed by atoms with Crippen LogP contribution >= 0.6 is 11.3 Å². The highest BCUT2D eigenvalue weighted by atomic mass is 32.1. The molecule has 0 aromatic carbocycles. The second-order valence-corrected chi connectivity index (χ2v) is 5.13. The zero-order chi connectivity index (χ0) is 12.3. The Morgan fingerprint density at radius 1 is 1.47 bits per heavy atom. The maximum absolute atomic E-state index is 5.75. The van der Waals surface area contributed by atoms with E-state index in [1.165, 1.54) is 10.6 Å². The molecule has 0 aliphatic carbocycles. The number of rotatable bonds is 4. The van der Waals surface area contributed by atoms with Gasteiger partial charge in [-0.2, -0.15) is 0 Å². The molecule has 90 valence electrons. The van der Waals surface area contributed by atoms with Crippen molar-refractivity contribution in [3.8, 4) is 0 Å². The van der Waals surface area contributed by atoms with Crippen molar-refractivity contribution in [2.24, 2.45) is 5.73 Å². The van der Waals surface area contributed by atoms with Gasteiger partial charge in [0.15, 0.2) is 0 Å². The van der Waals surface area contributed by atoms with E-state index in [9.17, 15) is 0 Å². The minimum Gasteiger partial charge on any atom is -0.369 e. The van der Waals surface area contributed by atoms with E-state index in [1.807, 2.05) is 13.1 Å². The molecule has 2 rings (SSSR count). The van der Waals surface area contributed by atoms with Crippen LogP contribution in [-0.2, 0) is 13.1 Å².